The highest BCUT2D eigenvalue weighted by molar-refractivity contribution is 6.05. The first-order chi connectivity index (χ1) is 12.7. The second-order valence-electron chi connectivity index (χ2n) is 5.92. The molecule has 0 spiro atoms. The minimum Gasteiger partial charge on any atom is -0.492 e. The van der Waals surface area contributed by atoms with Crippen molar-refractivity contribution in [2.75, 3.05) is 18.5 Å². The number of nitrogens with one attached hydrogen (secondary N) is 2. The summed E-state index contributed by atoms with van der Waals surface area (Å²) < 4.78 is 5.51. The first kappa shape index (κ1) is 19.5. The molecule has 0 saturated heterocycles. The number of amides is 2. The van der Waals surface area contributed by atoms with E-state index in [9.17, 15) is 9.59 Å². The molecule has 0 aliphatic carbocycles. The van der Waals surface area contributed by atoms with Gasteiger partial charge in [-0.05, 0) is 49.7 Å². The Kier molecular flexibility index (Phi) is 7.68. The van der Waals surface area contributed by atoms with Gasteiger partial charge in [0, 0.05) is 17.7 Å². The predicted molar refractivity (Wildman–Crippen MR) is 104 cm³/mol. The monoisotopic (exact) mass is 354 g/mol. The molecule has 2 amide bonds. The van der Waals surface area contributed by atoms with E-state index in [1.807, 2.05) is 25.1 Å². The van der Waals surface area contributed by atoms with Gasteiger partial charge in [-0.15, -0.1) is 0 Å². The lowest BCUT2D eigenvalue weighted by molar-refractivity contribution is 0.0951. The van der Waals surface area contributed by atoms with Crippen LogP contribution in [0.5, 0.6) is 5.75 Å². The summed E-state index contributed by atoms with van der Waals surface area (Å²) in [5.74, 6) is 0.272. The Labute approximate surface area is 154 Å². The number of unbranched alkanes of at least 4 members (excludes halogenated alkanes) is 2. The third-order valence-corrected chi connectivity index (χ3v) is 3.91. The minimum absolute atomic E-state index is 0.116. The number of anilines is 1. The molecule has 2 aromatic carbocycles. The molecule has 5 nitrogen and oxygen atoms in total. The lowest BCUT2D eigenvalue weighted by atomic mass is 10.1. The number of rotatable bonds is 9. The first-order valence-electron chi connectivity index (χ1n) is 9.07. The van der Waals surface area contributed by atoms with Crippen LogP contribution in [0.3, 0.4) is 0 Å². The third-order valence-electron chi connectivity index (χ3n) is 3.91. The van der Waals surface area contributed by atoms with Crippen molar-refractivity contribution in [1.82, 2.24) is 5.32 Å². The Hall–Kier alpha value is -2.82. The van der Waals surface area contributed by atoms with Crippen LogP contribution in [0.1, 0.15) is 53.8 Å². The fourth-order valence-corrected chi connectivity index (χ4v) is 2.50. The average molecular weight is 354 g/mol. The van der Waals surface area contributed by atoms with E-state index in [1.165, 1.54) is 0 Å². The summed E-state index contributed by atoms with van der Waals surface area (Å²) in [6.07, 6.45) is 3.19. The van der Waals surface area contributed by atoms with E-state index in [4.69, 9.17) is 4.74 Å². The van der Waals surface area contributed by atoms with Crippen LogP contribution in [0.2, 0.25) is 0 Å². The van der Waals surface area contributed by atoms with E-state index in [0.717, 1.165) is 19.3 Å². The smallest absolute Gasteiger partial charge is 0.255 e. The molecule has 0 bridgehead atoms. The maximum absolute atomic E-state index is 12.4. The molecule has 5 heteroatoms. The fourth-order valence-electron chi connectivity index (χ4n) is 2.50. The summed E-state index contributed by atoms with van der Waals surface area (Å²) in [5.41, 5.74) is 1.66. The van der Waals surface area contributed by atoms with E-state index < -0.39 is 0 Å². The summed E-state index contributed by atoms with van der Waals surface area (Å²) >= 11 is 0. The van der Waals surface area contributed by atoms with E-state index in [2.05, 4.69) is 17.6 Å². The summed E-state index contributed by atoms with van der Waals surface area (Å²) in [5, 5.41) is 5.73. The number of ether oxygens (including phenoxy) is 1. The lowest BCUT2D eigenvalue weighted by Gasteiger charge is -2.11. The molecule has 2 aromatic rings. The molecule has 0 radical (unpaired) electrons. The van der Waals surface area contributed by atoms with Crippen molar-refractivity contribution in [3.8, 4) is 5.75 Å². The van der Waals surface area contributed by atoms with Crippen LogP contribution in [0.15, 0.2) is 48.5 Å². The summed E-state index contributed by atoms with van der Waals surface area (Å²) in [4.78, 5) is 24.5. The molecule has 2 rings (SSSR count). The molecule has 0 aliphatic rings. The maximum atomic E-state index is 12.4. The van der Waals surface area contributed by atoms with Crippen molar-refractivity contribution < 1.29 is 14.3 Å². The average Bonchev–Trinajstić information content (AvgIpc) is 2.67. The fraction of sp³-hybridized carbons (Fsp3) is 0.333. The number of carbonyl (C=O) groups excluding carboxylic acids is 2. The summed E-state index contributed by atoms with van der Waals surface area (Å²) in [6.45, 7) is 5.21. The van der Waals surface area contributed by atoms with Gasteiger partial charge in [0.15, 0.2) is 0 Å². The molecule has 0 fully saturated rings. The van der Waals surface area contributed by atoms with Gasteiger partial charge < -0.3 is 15.4 Å². The number of hydrogen-bond donors (Lipinski definition) is 2. The Morgan fingerprint density at radius 1 is 0.885 bits per heavy atom. The Bertz CT molecular complexity index is 726. The van der Waals surface area contributed by atoms with E-state index in [0.29, 0.717) is 35.7 Å². The molecule has 138 valence electrons. The largest absolute Gasteiger partial charge is 0.492 e. The zero-order valence-corrected chi connectivity index (χ0v) is 15.4. The van der Waals surface area contributed by atoms with Crippen molar-refractivity contribution in [2.45, 2.75) is 33.1 Å². The molecule has 0 saturated carbocycles. The van der Waals surface area contributed by atoms with Gasteiger partial charge in [-0.25, -0.2) is 0 Å². The Morgan fingerprint density at radius 3 is 2.19 bits per heavy atom. The lowest BCUT2D eigenvalue weighted by Crippen LogP contribution is -2.24. The molecule has 0 aliphatic heterocycles. The molecule has 0 heterocycles. The highest BCUT2D eigenvalue weighted by atomic mass is 16.5. The SMILES string of the molecule is CCCCCNC(=O)c1ccc(C(=O)Nc2ccccc2OCC)cc1. The molecular formula is C21H26N2O3. The van der Waals surface area contributed by atoms with Gasteiger partial charge in [-0.3, -0.25) is 9.59 Å². The quantitative estimate of drug-likeness (QED) is 0.661. The van der Waals surface area contributed by atoms with Crippen molar-refractivity contribution in [1.29, 1.82) is 0 Å². The van der Waals surface area contributed by atoms with Gasteiger partial charge in [-0.1, -0.05) is 31.9 Å². The van der Waals surface area contributed by atoms with Gasteiger partial charge >= 0.3 is 0 Å². The van der Waals surface area contributed by atoms with E-state index in [-0.39, 0.29) is 11.8 Å². The van der Waals surface area contributed by atoms with Crippen LogP contribution in [0, 0.1) is 0 Å². The summed E-state index contributed by atoms with van der Waals surface area (Å²) in [7, 11) is 0. The Morgan fingerprint density at radius 2 is 1.54 bits per heavy atom. The van der Waals surface area contributed by atoms with Gasteiger partial charge in [-0.2, -0.15) is 0 Å². The normalized spacial score (nSPS) is 10.2. The van der Waals surface area contributed by atoms with Gasteiger partial charge in [0.1, 0.15) is 5.75 Å². The van der Waals surface area contributed by atoms with Gasteiger partial charge in [0.2, 0.25) is 0 Å². The van der Waals surface area contributed by atoms with Crippen LogP contribution in [0.4, 0.5) is 5.69 Å². The highest BCUT2D eigenvalue weighted by Crippen LogP contribution is 2.24. The van der Waals surface area contributed by atoms with Crippen molar-refractivity contribution in [3.63, 3.8) is 0 Å². The molecule has 0 unspecified atom stereocenters. The molecule has 26 heavy (non-hydrogen) atoms. The Balaban J connectivity index is 1.97. The number of carbonyl (C=O) groups is 2. The van der Waals surface area contributed by atoms with Crippen LogP contribution < -0.4 is 15.4 Å². The van der Waals surface area contributed by atoms with Crippen LogP contribution in [-0.2, 0) is 0 Å². The van der Waals surface area contributed by atoms with Crippen LogP contribution >= 0.6 is 0 Å². The number of para-hydroxylation sites is 2. The maximum Gasteiger partial charge on any atom is 0.255 e. The second kappa shape index (κ2) is 10.2. The van der Waals surface area contributed by atoms with Crippen LogP contribution in [-0.4, -0.2) is 25.0 Å². The molecule has 0 atom stereocenters. The molecule has 2 N–H and O–H groups in total. The second-order valence-corrected chi connectivity index (χ2v) is 5.92. The standard InChI is InChI=1S/C21H26N2O3/c1-3-5-8-15-22-20(24)16-11-13-17(14-12-16)21(25)23-18-9-6-7-10-19(18)26-4-2/h6-7,9-14H,3-5,8,15H2,1-2H3,(H,22,24)(H,23,25). The summed E-state index contributed by atoms with van der Waals surface area (Å²) in [6, 6.07) is 13.9. The topological polar surface area (TPSA) is 67.4 Å². The predicted octanol–water partition coefficient (Wildman–Crippen LogP) is 4.26. The molecule has 0 aromatic heterocycles. The van der Waals surface area contributed by atoms with Crippen molar-refractivity contribution in [2.24, 2.45) is 0 Å². The number of hydrogen-bond acceptors (Lipinski definition) is 3. The zero-order chi connectivity index (χ0) is 18.8. The van der Waals surface area contributed by atoms with Crippen molar-refractivity contribution >= 4 is 17.5 Å². The highest BCUT2D eigenvalue weighted by Gasteiger charge is 2.11. The zero-order valence-electron chi connectivity index (χ0n) is 15.4. The first-order valence-corrected chi connectivity index (χ1v) is 9.07. The number of benzene rings is 2. The van der Waals surface area contributed by atoms with E-state index >= 15 is 0 Å². The third kappa shape index (κ3) is 5.62. The van der Waals surface area contributed by atoms with E-state index in [1.54, 1.807) is 30.3 Å². The van der Waals surface area contributed by atoms with Gasteiger partial charge in [0.05, 0.1) is 12.3 Å². The van der Waals surface area contributed by atoms with Gasteiger partial charge in [0.25, 0.3) is 11.8 Å². The van der Waals surface area contributed by atoms with Crippen molar-refractivity contribution in [3.05, 3.63) is 59.7 Å². The van der Waals surface area contributed by atoms with Crippen LogP contribution in [0.25, 0.3) is 0 Å². The minimum atomic E-state index is -0.243. The molecular weight excluding hydrogens is 328 g/mol.